The number of carbonyl (C=O) groups excluding carboxylic acids is 1. The lowest BCUT2D eigenvalue weighted by Crippen LogP contribution is -2.43. The Hall–Kier alpha value is -0.0600. The van der Waals surface area contributed by atoms with Crippen LogP contribution in [0, 0.1) is 5.92 Å². The lowest BCUT2D eigenvalue weighted by Gasteiger charge is -2.33. The Balaban J connectivity index is 2.09. The van der Waals surface area contributed by atoms with Crippen LogP contribution < -0.4 is 0 Å². The van der Waals surface area contributed by atoms with E-state index in [2.05, 4.69) is 22.9 Å². The van der Waals surface area contributed by atoms with Crippen LogP contribution in [0.25, 0.3) is 0 Å². The summed E-state index contributed by atoms with van der Waals surface area (Å²) in [6.45, 7) is 3.62. The molecule has 1 aliphatic rings. The molecule has 0 radical (unpaired) electrons. The standard InChI is InChI=1S/C11H13BrClNOS/c1-7-6-14(4-2-9(7)13)11(15)10-8(12)3-5-16-10/h3,5,7,9H,2,4,6H2,1H3. The number of hydrogen-bond acceptors (Lipinski definition) is 2. The lowest BCUT2D eigenvalue weighted by atomic mass is 9.99. The first kappa shape index (κ1) is 12.4. The normalized spacial score (nSPS) is 25.8. The molecular formula is C11H13BrClNOS. The molecule has 1 saturated heterocycles. The predicted octanol–water partition coefficient (Wildman–Crippen LogP) is 3.60. The molecule has 16 heavy (non-hydrogen) atoms. The summed E-state index contributed by atoms with van der Waals surface area (Å²) in [6, 6.07) is 1.91. The minimum atomic E-state index is 0.122. The number of halogens is 2. The number of hydrogen-bond donors (Lipinski definition) is 0. The largest absolute Gasteiger partial charge is 0.338 e. The van der Waals surface area contributed by atoms with Crippen molar-refractivity contribution in [2.75, 3.05) is 13.1 Å². The highest BCUT2D eigenvalue weighted by Crippen LogP contribution is 2.27. The maximum Gasteiger partial charge on any atom is 0.265 e. The fourth-order valence-electron chi connectivity index (χ4n) is 1.89. The fraction of sp³-hybridized carbons (Fsp3) is 0.545. The van der Waals surface area contributed by atoms with Crippen LogP contribution in [0.3, 0.4) is 0 Å². The number of piperidine rings is 1. The zero-order chi connectivity index (χ0) is 11.7. The third kappa shape index (κ3) is 2.44. The van der Waals surface area contributed by atoms with Gasteiger partial charge < -0.3 is 4.90 Å². The Morgan fingerprint density at radius 1 is 1.69 bits per heavy atom. The molecule has 0 N–H and O–H groups in total. The van der Waals surface area contributed by atoms with Gasteiger partial charge in [-0.3, -0.25) is 4.79 Å². The molecule has 0 aromatic carbocycles. The van der Waals surface area contributed by atoms with E-state index in [9.17, 15) is 4.79 Å². The fourth-order valence-corrected chi connectivity index (χ4v) is 3.58. The van der Waals surface area contributed by atoms with Crippen LogP contribution in [0.1, 0.15) is 23.0 Å². The molecule has 0 aliphatic carbocycles. The van der Waals surface area contributed by atoms with Crippen molar-refractivity contribution in [2.24, 2.45) is 5.92 Å². The first-order valence-electron chi connectivity index (χ1n) is 5.26. The highest BCUT2D eigenvalue weighted by atomic mass is 79.9. The van der Waals surface area contributed by atoms with Crippen molar-refractivity contribution in [1.82, 2.24) is 4.90 Å². The number of rotatable bonds is 1. The molecule has 2 rings (SSSR count). The quantitative estimate of drug-likeness (QED) is 0.723. The van der Waals surface area contributed by atoms with Crippen LogP contribution in [0.2, 0.25) is 0 Å². The molecule has 88 valence electrons. The molecule has 2 heterocycles. The number of likely N-dealkylation sites (tertiary alicyclic amines) is 1. The summed E-state index contributed by atoms with van der Waals surface area (Å²) in [4.78, 5) is 14.9. The van der Waals surface area contributed by atoms with E-state index in [1.165, 1.54) is 11.3 Å². The van der Waals surface area contributed by atoms with Gasteiger partial charge in [0.2, 0.25) is 0 Å². The van der Waals surface area contributed by atoms with Crippen LogP contribution in [0.4, 0.5) is 0 Å². The molecule has 1 aliphatic heterocycles. The number of alkyl halides is 1. The van der Waals surface area contributed by atoms with E-state index in [0.717, 1.165) is 28.9 Å². The third-order valence-corrected chi connectivity index (χ3v) is 5.37. The van der Waals surface area contributed by atoms with Gasteiger partial charge in [-0.25, -0.2) is 0 Å². The summed E-state index contributed by atoms with van der Waals surface area (Å²) in [7, 11) is 0. The second-order valence-electron chi connectivity index (χ2n) is 4.13. The van der Waals surface area contributed by atoms with Gasteiger partial charge in [0, 0.05) is 22.9 Å². The van der Waals surface area contributed by atoms with E-state index in [0.29, 0.717) is 5.92 Å². The smallest absolute Gasteiger partial charge is 0.265 e. The Bertz CT molecular complexity index is 395. The highest BCUT2D eigenvalue weighted by Gasteiger charge is 2.28. The van der Waals surface area contributed by atoms with E-state index in [-0.39, 0.29) is 11.3 Å². The number of amides is 1. The molecule has 1 aromatic rings. The van der Waals surface area contributed by atoms with E-state index < -0.39 is 0 Å². The molecule has 1 amide bonds. The van der Waals surface area contributed by atoms with Crippen LogP contribution in [0.5, 0.6) is 0 Å². The van der Waals surface area contributed by atoms with Crippen molar-refractivity contribution in [1.29, 1.82) is 0 Å². The minimum Gasteiger partial charge on any atom is -0.338 e. The Kier molecular flexibility index (Phi) is 3.93. The SMILES string of the molecule is CC1CN(C(=O)c2sccc2Br)CCC1Cl. The molecule has 2 unspecified atom stereocenters. The van der Waals surface area contributed by atoms with Crippen LogP contribution in [-0.2, 0) is 0 Å². The van der Waals surface area contributed by atoms with Gasteiger partial charge in [0.25, 0.3) is 5.91 Å². The molecule has 0 bridgehead atoms. The third-order valence-electron chi connectivity index (χ3n) is 2.90. The molecule has 2 nitrogen and oxygen atoms in total. The summed E-state index contributed by atoms with van der Waals surface area (Å²) in [5.74, 6) is 0.496. The zero-order valence-corrected chi connectivity index (χ0v) is 12.1. The molecule has 5 heteroatoms. The Labute approximate surface area is 113 Å². The van der Waals surface area contributed by atoms with Crippen molar-refractivity contribution in [3.63, 3.8) is 0 Å². The number of nitrogens with zero attached hydrogens (tertiary/aromatic N) is 1. The molecule has 0 saturated carbocycles. The van der Waals surface area contributed by atoms with Gasteiger partial charge in [-0.2, -0.15) is 0 Å². The van der Waals surface area contributed by atoms with Gasteiger partial charge in [0.1, 0.15) is 4.88 Å². The van der Waals surface area contributed by atoms with Gasteiger partial charge in [-0.15, -0.1) is 22.9 Å². The molecule has 1 fully saturated rings. The van der Waals surface area contributed by atoms with E-state index in [1.807, 2.05) is 16.3 Å². The molecule has 2 atom stereocenters. The van der Waals surface area contributed by atoms with E-state index in [1.54, 1.807) is 0 Å². The maximum absolute atomic E-state index is 12.2. The summed E-state index contributed by atoms with van der Waals surface area (Å²) in [5.41, 5.74) is 0. The Morgan fingerprint density at radius 3 is 3.00 bits per heavy atom. The van der Waals surface area contributed by atoms with Crippen LogP contribution in [0.15, 0.2) is 15.9 Å². The first-order valence-corrected chi connectivity index (χ1v) is 7.37. The average molecular weight is 323 g/mol. The van der Waals surface area contributed by atoms with Crippen LogP contribution >= 0.6 is 38.9 Å². The summed E-state index contributed by atoms with van der Waals surface area (Å²) in [6.07, 6.45) is 0.886. The van der Waals surface area contributed by atoms with Crippen molar-refractivity contribution in [2.45, 2.75) is 18.7 Å². The summed E-state index contributed by atoms with van der Waals surface area (Å²) in [5, 5.41) is 2.13. The first-order chi connectivity index (χ1) is 7.59. The second kappa shape index (κ2) is 5.07. The predicted molar refractivity (Wildman–Crippen MR) is 71.3 cm³/mol. The summed E-state index contributed by atoms with van der Waals surface area (Å²) >= 11 is 11.0. The second-order valence-corrected chi connectivity index (χ2v) is 6.46. The number of carbonyl (C=O) groups is 1. The number of thiophene rings is 1. The van der Waals surface area contributed by atoms with E-state index >= 15 is 0 Å². The Morgan fingerprint density at radius 2 is 2.44 bits per heavy atom. The van der Waals surface area contributed by atoms with Crippen LogP contribution in [-0.4, -0.2) is 29.3 Å². The monoisotopic (exact) mass is 321 g/mol. The van der Waals surface area contributed by atoms with Crippen molar-refractivity contribution in [3.8, 4) is 0 Å². The van der Waals surface area contributed by atoms with Crippen molar-refractivity contribution in [3.05, 3.63) is 20.8 Å². The zero-order valence-electron chi connectivity index (χ0n) is 8.95. The lowest BCUT2D eigenvalue weighted by molar-refractivity contribution is 0.0691. The van der Waals surface area contributed by atoms with Gasteiger partial charge in [0.05, 0.1) is 0 Å². The topological polar surface area (TPSA) is 20.3 Å². The van der Waals surface area contributed by atoms with E-state index in [4.69, 9.17) is 11.6 Å². The maximum atomic E-state index is 12.2. The highest BCUT2D eigenvalue weighted by molar-refractivity contribution is 9.10. The van der Waals surface area contributed by atoms with Crippen molar-refractivity contribution >= 4 is 44.8 Å². The molecule has 1 aromatic heterocycles. The van der Waals surface area contributed by atoms with Gasteiger partial charge in [-0.05, 0) is 39.7 Å². The molecule has 0 spiro atoms. The van der Waals surface area contributed by atoms with Gasteiger partial charge >= 0.3 is 0 Å². The summed E-state index contributed by atoms with van der Waals surface area (Å²) < 4.78 is 0.892. The minimum absolute atomic E-state index is 0.122. The van der Waals surface area contributed by atoms with Gasteiger partial charge in [-0.1, -0.05) is 6.92 Å². The average Bonchev–Trinajstić information content (AvgIpc) is 2.67. The van der Waals surface area contributed by atoms with Gasteiger partial charge in [0.15, 0.2) is 0 Å². The molecular weight excluding hydrogens is 310 g/mol. The van der Waals surface area contributed by atoms with Crippen molar-refractivity contribution < 1.29 is 4.79 Å².